The van der Waals surface area contributed by atoms with Gasteiger partial charge in [-0.15, -0.1) is 0 Å². The van der Waals surface area contributed by atoms with Gasteiger partial charge in [0.1, 0.15) is 5.08 Å². The second-order valence-electron chi connectivity index (χ2n) is 1.91. The molecule has 10 heavy (non-hydrogen) atoms. The minimum Gasteiger partial charge on any atom is -0.231 e. The van der Waals surface area contributed by atoms with Gasteiger partial charge in [-0.1, -0.05) is 6.92 Å². The van der Waals surface area contributed by atoms with Crippen LogP contribution in [0.15, 0.2) is 0 Å². The maximum Gasteiger partial charge on any atom is 0.164 e. The third kappa shape index (κ3) is 4.75. The number of rotatable bonds is 4. The molecular weight excluding hydrogens is 176 g/mol. The first-order chi connectivity index (χ1) is 4.48. The Morgan fingerprint density at radius 2 is 1.80 bits per heavy atom. The summed E-state index contributed by atoms with van der Waals surface area (Å²) in [6.45, 7) is 1.69. The van der Waals surface area contributed by atoms with E-state index in [-0.39, 0.29) is 5.75 Å². The van der Waals surface area contributed by atoms with E-state index in [9.17, 15) is 16.8 Å². The quantitative estimate of drug-likeness (QED) is 0.594. The molecule has 0 aromatic carbocycles. The van der Waals surface area contributed by atoms with Crippen molar-refractivity contribution in [3.05, 3.63) is 0 Å². The first-order valence-electron chi connectivity index (χ1n) is 2.80. The topological polar surface area (TPSA) is 68.3 Å². The van der Waals surface area contributed by atoms with Crippen LogP contribution >= 0.6 is 0 Å². The molecule has 0 rings (SSSR count). The molecule has 0 saturated heterocycles. The van der Waals surface area contributed by atoms with E-state index in [1.807, 2.05) is 0 Å². The second-order valence-corrected chi connectivity index (χ2v) is 5.50. The molecule has 6 heteroatoms. The average Bonchev–Trinajstić information content (AvgIpc) is 1.59. The van der Waals surface area contributed by atoms with Crippen molar-refractivity contribution >= 4 is 20.5 Å². The first-order valence-corrected chi connectivity index (χ1v) is 5.98. The lowest BCUT2D eigenvalue weighted by Crippen LogP contribution is -2.10. The standard InChI is InChI=1S/C4H10O4S2/c1-2-3-10(7,8)4-9(5)6/h9H,2-4H2,1H3. The smallest absolute Gasteiger partial charge is 0.164 e. The van der Waals surface area contributed by atoms with Gasteiger partial charge in [0.15, 0.2) is 20.5 Å². The Morgan fingerprint density at radius 3 is 2.10 bits per heavy atom. The summed E-state index contributed by atoms with van der Waals surface area (Å²) in [5.41, 5.74) is 0. The number of hydrogen-bond acceptors (Lipinski definition) is 4. The zero-order chi connectivity index (χ0) is 8.20. The van der Waals surface area contributed by atoms with Crippen molar-refractivity contribution in [3.8, 4) is 0 Å². The fourth-order valence-electron chi connectivity index (χ4n) is 0.536. The van der Waals surface area contributed by atoms with Crippen LogP contribution in [0.3, 0.4) is 0 Å². The van der Waals surface area contributed by atoms with Gasteiger partial charge in [0.2, 0.25) is 0 Å². The van der Waals surface area contributed by atoms with Crippen LogP contribution in [0, 0.1) is 0 Å². The van der Waals surface area contributed by atoms with Crippen molar-refractivity contribution in [2.45, 2.75) is 13.3 Å². The SMILES string of the molecule is CCCS(=O)(=O)C[SH](=O)=O. The molecule has 0 fully saturated rings. The summed E-state index contributed by atoms with van der Waals surface area (Å²) in [5, 5.41) is -0.712. The molecule has 0 aromatic rings. The first kappa shape index (κ1) is 9.90. The molecule has 0 atom stereocenters. The zero-order valence-electron chi connectivity index (χ0n) is 5.61. The highest BCUT2D eigenvalue weighted by atomic mass is 32.3. The second kappa shape index (κ2) is 3.92. The molecule has 62 valence electrons. The molecule has 0 N–H and O–H groups in total. The molecule has 0 radical (unpaired) electrons. The summed E-state index contributed by atoms with van der Waals surface area (Å²) in [4.78, 5) is 0. The molecule has 0 spiro atoms. The third-order valence-electron chi connectivity index (χ3n) is 0.817. The van der Waals surface area contributed by atoms with E-state index in [0.29, 0.717) is 6.42 Å². The highest BCUT2D eigenvalue weighted by Gasteiger charge is 2.09. The van der Waals surface area contributed by atoms with Gasteiger partial charge in [-0.2, -0.15) is 0 Å². The van der Waals surface area contributed by atoms with Crippen LogP contribution in [-0.2, 0) is 20.5 Å². The number of sulfone groups is 1. The fraction of sp³-hybridized carbons (Fsp3) is 1.00. The minimum atomic E-state index is -3.33. The molecule has 0 unspecified atom stereocenters. The maximum absolute atomic E-state index is 10.7. The van der Waals surface area contributed by atoms with Crippen LogP contribution in [0.25, 0.3) is 0 Å². The van der Waals surface area contributed by atoms with Crippen molar-refractivity contribution in [3.63, 3.8) is 0 Å². The zero-order valence-corrected chi connectivity index (χ0v) is 7.32. The summed E-state index contributed by atoms with van der Waals surface area (Å²) < 4.78 is 41.2. The average molecular weight is 186 g/mol. The van der Waals surface area contributed by atoms with Crippen molar-refractivity contribution in [1.82, 2.24) is 0 Å². The van der Waals surface area contributed by atoms with Crippen molar-refractivity contribution in [2.75, 3.05) is 10.8 Å². The Bertz CT molecular complexity index is 240. The van der Waals surface area contributed by atoms with Gasteiger partial charge in [-0.25, -0.2) is 16.8 Å². The van der Waals surface area contributed by atoms with Crippen LogP contribution in [0.5, 0.6) is 0 Å². The van der Waals surface area contributed by atoms with Gasteiger partial charge in [-0.05, 0) is 6.42 Å². The van der Waals surface area contributed by atoms with Crippen LogP contribution in [0.2, 0.25) is 0 Å². The van der Waals surface area contributed by atoms with Crippen LogP contribution in [0.1, 0.15) is 13.3 Å². The lowest BCUT2D eigenvalue weighted by Gasteiger charge is -1.93. The molecule has 0 saturated carbocycles. The normalized spacial score (nSPS) is 12.2. The minimum absolute atomic E-state index is 0.0453. The summed E-state index contributed by atoms with van der Waals surface area (Å²) in [6.07, 6.45) is 0.464. The molecule has 0 amide bonds. The lowest BCUT2D eigenvalue weighted by molar-refractivity contribution is 0.594. The Hall–Kier alpha value is -0.100. The van der Waals surface area contributed by atoms with Gasteiger partial charge < -0.3 is 0 Å². The summed E-state index contributed by atoms with van der Waals surface area (Å²) in [5.74, 6) is -0.0453. The lowest BCUT2D eigenvalue weighted by atomic mass is 10.6. The Morgan fingerprint density at radius 1 is 1.30 bits per heavy atom. The van der Waals surface area contributed by atoms with E-state index in [1.54, 1.807) is 6.92 Å². The van der Waals surface area contributed by atoms with Gasteiger partial charge in [0.25, 0.3) is 0 Å². The molecule has 0 aliphatic carbocycles. The van der Waals surface area contributed by atoms with Gasteiger partial charge >= 0.3 is 0 Å². The highest BCUT2D eigenvalue weighted by molar-refractivity contribution is 8.01. The number of hydrogen-bond donors (Lipinski definition) is 1. The van der Waals surface area contributed by atoms with Crippen molar-refractivity contribution < 1.29 is 16.8 Å². The Kier molecular flexibility index (Phi) is 3.88. The van der Waals surface area contributed by atoms with Crippen molar-refractivity contribution in [2.24, 2.45) is 0 Å². The predicted octanol–water partition coefficient (Wildman–Crippen LogP) is -0.620. The molecule has 0 heterocycles. The molecule has 0 aromatic heterocycles. The third-order valence-corrected chi connectivity index (χ3v) is 4.26. The Balaban J connectivity index is 4.15. The van der Waals surface area contributed by atoms with Gasteiger partial charge in [-0.3, -0.25) is 0 Å². The van der Waals surface area contributed by atoms with Crippen LogP contribution in [-0.4, -0.2) is 27.7 Å². The van der Waals surface area contributed by atoms with Crippen LogP contribution in [0.4, 0.5) is 0 Å². The van der Waals surface area contributed by atoms with E-state index in [2.05, 4.69) is 0 Å². The predicted molar refractivity (Wildman–Crippen MR) is 39.3 cm³/mol. The molecule has 4 nitrogen and oxygen atoms in total. The summed E-state index contributed by atoms with van der Waals surface area (Å²) in [6, 6.07) is 0. The Labute approximate surface area is 62.1 Å². The van der Waals surface area contributed by atoms with E-state index in [1.165, 1.54) is 0 Å². The summed E-state index contributed by atoms with van der Waals surface area (Å²) >= 11 is 0. The highest BCUT2D eigenvalue weighted by Crippen LogP contribution is 1.92. The summed E-state index contributed by atoms with van der Waals surface area (Å²) in [7, 11) is -6.12. The number of thiol groups is 1. The van der Waals surface area contributed by atoms with E-state index in [0.717, 1.165) is 0 Å². The van der Waals surface area contributed by atoms with E-state index < -0.39 is 25.6 Å². The molecule has 0 aliphatic heterocycles. The monoisotopic (exact) mass is 186 g/mol. The van der Waals surface area contributed by atoms with Crippen LogP contribution < -0.4 is 0 Å². The fourth-order valence-corrected chi connectivity index (χ4v) is 2.96. The van der Waals surface area contributed by atoms with Gasteiger partial charge in [0.05, 0.1) is 5.75 Å². The maximum atomic E-state index is 10.7. The van der Waals surface area contributed by atoms with Crippen molar-refractivity contribution in [1.29, 1.82) is 0 Å². The largest absolute Gasteiger partial charge is 0.231 e. The molecular formula is C4H10O4S2. The van der Waals surface area contributed by atoms with E-state index >= 15 is 0 Å². The molecule has 0 aliphatic rings. The van der Waals surface area contributed by atoms with E-state index in [4.69, 9.17) is 0 Å². The molecule has 0 bridgehead atoms. The van der Waals surface area contributed by atoms with Gasteiger partial charge in [0, 0.05) is 0 Å².